The van der Waals surface area contributed by atoms with E-state index in [1.54, 1.807) is 0 Å². The van der Waals surface area contributed by atoms with Gasteiger partial charge >= 0.3 is 11.8 Å². The van der Waals surface area contributed by atoms with E-state index in [4.69, 9.17) is 0 Å². The number of aromatic nitrogens is 1. The van der Waals surface area contributed by atoms with Gasteiger partial charge in [-0.05, 0) is 19.2 Å². The number of anilines is 2. The quantitative estimate of drug-likeness (QED) is 0.811. The van der Waals surface area contributed by atoms with Crippen LogP contribution in [0.5, 0.6) is 0 Å². The van der Waals surface area contributed by atoms with Gasteiger partial charge in [-0.1, -0.05) is 0 Å². The summed E-state index contributed by atoms with van der Waals surface area (Å²) in [7, 11) is 1.99. The first-order valence-electron chi connectivity index (χ1n) is 7.17. The van der Waals surface area contributed by atoms with Crippen LogP contribution >= 0.6 is 11.3 Å². The van der Waals surface area contributed by atoms with Gasteiger partial charge in [0.15, 0.2) is 5.13 Å². The van der Waals surface area contributed by atoms with E-state index in [2.05, 4.69) is 20.5 Å². The summed E-state index contributed by atoms with van der Waals surface area (Å²) >= 11 is 1.31. The smallest absolute Gasteiger partial charge is 0.315 e. The molecule has 1 aromatic heterocycles. The molecule has 2 aromatic rings. The van der Waals surface area contributed by atoms with Gasteiger partial charge in [-0.25, -0.2) is 13.8 Å². The maximum Gasteiger partial charge on any atom is 0.315 e. The fourth-order valence-corrected chi connectivity index (χ4v) is 3.38. The number of amides is 2. The Bertz CT molecular complexity index is 809. The first kappa shape index (κ1) is 16.5. The standard InChI is InChI=1S/C15H14F2N4O2S/c1-21-5-4-11-12(7-21)24-15(19-11)20-14(23)13(22)18-10-3-2-8(16)6-9(10)17/h2-3,6H,4-5,7H2,1H3,(H,18,22)(H,19,20,23). The highest BCUT2D eigenvalue weighted by molar-refractivity contribution is 7.16. The molecule has 0 bridgehead atoms. The van der Waals surface area contributed by atoms with E-state index in [1.807, 2.05) is 7.05 Å². The number of carbonyl (C=O) groups excluding carboxylic acids is 2. The molecule has 0 spiro atoms. The topological polar surface area (TPSA) is 74.3 Å². The zero-order chi connectivity index (χ0) is 17.3. The second kappa shape index (κ2) is 6.62. The highest BCUT2D eigenvalue weighted by Gasteiger charge is 2.21. The molecule has 24 heavy (non-hydrogen) atoms. The van der Waals surface area contributed by atoms with E-state index >= 15 is 0 Å². The van der Waals surface area contributed by atoms with Gasteiger partial charge in [-0.3, -0.25) is 14.9 Å². The molecule has 3 rings (SSSR count). The fourth-order valence-electron chi connectivity index (χ4n) is 2.30. The average Bonchev–Trinajstić information content (AvgIpc) is 2.91. The van der Waals surface area contributed by atoms with Crippen molar-refractivity contribution in [2.24, 2.45) is 0 Å². The van der Waals surface area contributed by atoms with Crippen LogP contribution in [-0.2, 0) is 22.6 Å². The lowest BCUT2D eigenvalue weighted by Gasteiger charge is -2.20. The molecule has 0 saturated heterocycles. The number of benzene rings is 1. The third-order valence-electron chi connectivity index (χ3n) is 3.53. The van der Waals surface area contributed by atoms with Crippen LogP contribution in [0.4, 0.5) is 19.6 Å². The molecule has 0 unspecified atom stereocenters. The van der Waals surface area contributed by atoms with Crippen molar-refractivity contribution in [3.05, 3.63) is 40.4 Å². The molecule has 0 fully saturated rings. The second-order valence-corrected chi connectivity index (χ2v) is 6.49. The largest absolute Gasteiger partial charge is 0.315 e. The third kappa shape index (κ3) is 3.57. The first-order valence-corrected chi connectivity index (χ1v) is 7.98. The van der Waals surface area contributed by atoms with Gasteiger partial charge in [0.1, 0.15) is 11.6 Å². The number of hydrogen-bond donors (Lipinski definition) is 2. The van der Waals surface area contributed by atoms with Crippen LogP contribution < -0.4 is 10.6 Å². The van der Waals surface area contributed by atoms with Crippen molar-refractivity contribution in [2.45, 2.75) is 13.0 Å². The minimum absolute atomic E-state index is 0.267. The molecule has 9 heteroatoms. The van der Waals surface area contributed by atoms with Crippen LogP contribution in [0, 0.1) is 11.6 Å². The summed E-state index contributed by atoms with van der Waals surface area (Å²) in [5.41, 5.74) is 0.648. The molecule has 0 atom stereocenters. The van der Waals surface area contributed by atoms with Gasteiger partial charge in [0.25, 0.3) is 0 Å². The molecule has 0 radical (unpaired) electrons. The van der Waals surface area contributed by atoms with Crippen molar-refractivity contribution in [2.75, 3.05) is 24.2 Å². The Morgan fingerprint density at radius 3 is 2.75 bits per heavy atom. The van der Waals surface area contributed by atoms with Crippen molar-refractivity contribution < 1.29 is 18.4 Å². The van der Waals surface area contributed by atoms with Gasteiger partial charge < -0.3 is 10.2 Å². The molecule has 2 N–H and O–H groups in total. The summed E-state index contributed by atoms with van der Waals surface area (Å²) in [5, 5.41) is 4.84. The maximum atomic E-state index is 13.5. The minimum atomic E-state index is -1.05. The third-order valence-corrected chi connectivity index (χ3v) is 4.53. The number of hydrogen-bond acceptors (Lipinski definition) is 5. The Kier molecular flexibility index (Phi) is 4.54. The lowest BCUT2D eigenvalue weighted by atomic mass is 10.2. The number of fused-ring (bicyclic) bond motifs is 1. The number of nitrogens with one attached hydrogen (secondary N) is 2. The molecule has 2 amide bonds. The minimum Gasteiger partial charge on any atom is -0.315 e. The van der Waals surface area contributed by atoms with Crippen LogP contribution in [0.3, 0.4) is 0 Å². The normalized spacial score (nSPS) is 14.1. The predicted octanol–water partition coefficient (Wildman–Crippen LogP) is 1.99. The lowest BCUT2D eigenvalue weighted by molar-refractivity contribution is -0.133. The lowest BCUT2D eigenvalue weighted by Crippen LogP contribution is -2.29. The molecule has 126 valence electrons. The van der Waals surface area contributed by atoms with E-state index < -0.39 is 23.4 Å². The van der Waals surface area contributed by atoms with Gasteiger partial charge in [-0.2, -0.15) is 0 Å². The monoisotopic (exact) mass is 352 g/mol. The Morgan fingerprint density at radius 1 is 1.25 bits per heavy atom. The molecule has 0 aliphatic carbocycles. The zero-order valence-electron chi connectivity index (χ0n) is 12.7. The molecular formula is C15H14F2N4O2S. The Morgan fingerprint density at radius 2 is 2.00 bits per heavy atom. The second-order valence-electron chi connectivity index (χ2n) is 5.41. The number of nitrogens with zero attached hydrogens (tertiary/aromatic N) is 2. The Balaban J connectivity index is 1.65. The summed E-state index contributed by atoms with van der Waals surface area (Å²) in [6.45, 7) is 1.63. The van der Waals surface area contributed by atoms with Crippen molar-refractivity contribution in [3.63, 3.8) is 0 Å². The number of likely N-dealkylation sites (N-methyl/N-ethyl adjacent to an activating group) is 1. The molecule has 1 aliphatic heterocycles. The van der Waals surface area contributed by atoms with Crippen LogP contribution in [-0.4, -0.2) is 35.3 Å². The van der Waals surface area contributed by atoms with Gasteiger partial charge in [-0.15, -0.1) is 11.3 Å². The van der Waals surface area contributed by atoms with Crippen LogP contribution in [0.2, 0.25) is 0 Å². The first-order chi connectivity index (χ1) is 11.4. The van der Waals surface area contributed by atoms with Crippen LogP contribution in [0.15, 0.2) is 18.2 Å². The van der Waals surface area contributed by atoms with Crippen molar-refractivity contribution >= 4 is 34.0 Å². The fraction of sp³-hybridized carbons (Fsp3) is 0.267. The Hall–Kier alpha value is -2.39. The van der Waals surface area contributed by atoms with E-state index in [0.29, 0.717) is 11.2 Å². The number of carbonyl (C=O) groups is 2. The highest BCUT2D eigenvalue weighted by Crippen LogP contribution is 2.27. The molecule has 1 aromatic carbocycles. The number of thiazole rings is 1. The average molecular weight is 352 g/mol. The van der Waals surface area contributed by atoms with Crippen LogP contribution in [0.25, 0.3) is 0 Å². The number of rotatable bonds is 2. The van der Waals surface area contributed by atoms with Gasteiger partial charge in [0, 0.05) is 30.5 Å². The molecular weight excluding hydrogens is 338 g/mol. The van der Waals surface area contributed by atoms with E-state index in [9.17, 15) is 18.4 Å². The van der Waals surface area contributed by atoms with E-state index in [0.717, 1.165) is 42.2 Å². The Labute approximate surface area is 140 Å². The molecule has 1 aliphatic rings. The van der Waals surface area contributed by atoms with Gasteiger partial charge in [0.05, 0.1) is 11.4 Å². The summed E-state index contributed by atoms with van der Waals surface area (Å²) < 4.78 is 26.3. The SMILES string of the molecule is CN1CCc2nc(NC(=O)C(=O)Nc3ccc(F)cc3F)sc2C1. The van der Waals surface area contributed by atoms with Crippen LogP contribution in [0.1, 0.15) is 10.6 Å². The van der Waals surface area contributed by atoms with Gasteiger partial charge in [0.2, 0.25) is 0 Å². The predicted molar refractivity (Wildman–Crippen MR) is 85.8 cm³/mol. The zero-order valence-corrected chi connectivity index (χ0v) is 13.5. The van der Waals surface area contributed by atoms with E-state index in [1.165, 1.54) is 11.3 Å². The molecule has 0 saturated carbocycles. The highest BCUT2D eigenvalue weighted by atomic mass is 32.1. The summed E-state index contributed by atoms with van der Waals surface area (Å²) in [6, 6.07) is 2.66. The summed E-state index contributed by atoms with van der Waals surface area (Å²) in [5.74, 6) is -3.74. The van der Waals surface area contributed by atoms with Crippen molar-refractivity contribution in [3.8, 4) is 0 Å². The van der Waals surface area contributed by atoms with E-state index in [-0.39, 0.29) is 5.69 Å². The van der Waals surface area contributed by atoms with Crippen molar-refractivity contribution in [1.29, 1.82) is 0 Å². The summed E-state index contributed by atoms with van der Waals surface area (Å²) in [4.78, 5) is 31.2. The molecule has 6 nitrogen and oxygen atoms in total. The van der Waals surface area contributed by atoms with Crippen molar-refractivity contribution in [1.82, 2.24) is 9.88 Å². The summed E-state index contributed by atoms with van der Waals surface area (Å²) in [6.07, 6.45) is 0.783. The maximum absolute atomic E-state index is 13.5. The number of halogens is 2. The molecule has 2 heterocycles.